The maximum Gasteiger partial charge on any atom is 0.416 e. The Morgan fingerprint density at radius 3 is 2.70 bits per heavy atom. The molecule has 0 saturated carbocycles. The van der Waals surface area contributed by atoms with Crippen LogP contribution in [0, 0.1) is 5.82 Å². The molecule has 1 heterocycles. The molecule has 108 valence electrons. The summed E-state index contributed by atoms with van der Waals surface area (Å²) in [5.41, 5.74) is -1.41. The quantitative estimate of drug-likeness (QED) is 0.631. The van der Waals surface area contributed by atoms with Gasteiger partial charge in [0.1, 0.15) is 24.8 Å². The highest BCUT2D eigenvalue weighted by Gasteiger charge is 2.34. The van der Waals surface area contributed by atoms with Crippen molar-refractivity contribution in [3.8, 4) is 0 Å². The molecule has 2 rings (SSSR count). The minimum absolute atomic E-state index is 0.0222. The van der Waals surface area contributed by atoms with Gasteiger partial charge in [-0.25, -0.2) is 9.38 Å². The van der Waals surface area contributed by atoms with Crippen molar-refractivity contribution in [1.29, 1.82) is 0 Å². The average molecular weight is 289 g/mol. The van der Waals surface area contributed by atoms with Crippen LogP contribution in [0.4, 0.5) is 17.6 Å². The minimum Gasteiger partial charge on any atom is -0.478 e. The van der Waals surface area contributed by atoms with Crippen LogP contribution >= 0.6 is 0 Å². The van der Waals surface area contributed by atoms with Crippen molar-refractivity contribution in [2.75, 3.05) is 6.61 Å². The number of alkyl halides is 3. The van der Waals surface area contributed by atoms with Crippen LogP contribution in [-0.4, -0.2) is 24.8 Å². The van der Waals surface area contributed by atoms with Gasteiger partial charge in [0.25, 0.3) is 0 Å². The molecule has 1 aromatic carbocycles. The van der Waals surface area contributed by atoms with Crippen molar-refractivity contribution in [1.82, 2.24) is 0 Å². The van der Waals surface area contributed by atoms with Gasteiger partial charge >= 0.3 is 6.18 Å². The predicted octanol–water partition coefficient (Wildman–Crippen LogP) is 2.77. The van der Waals surface area contributed by atoms with E-state index in [4.69, 9.17) is 4.74 Å². The molecule has 0 bridgehead atoms. The van der Waals surface area contributed by atoms with Crippen LogP contribution in [0.15, 0.2) is 23.2 Å². The third-order valence-corrected chi connectivity index (χ3v) is 2.90. The molecule has 1 aliphatic rings. The molecular formula is C13H11F4NO2. The molecule has 0 spiro atoms. The Hall–Kier alpha value is -1.92. The first-order valence-corrected chi connectivity index (χ1v) is 5.91. The SMILES string of the molecule is O=CC1COC(CCc2c(F)cccc2C(F)(F)F)=N1. The normalized spacial score (nSPS) is 18.6. The summed E-state index contributed by atoms with van der Waals surface area (Å²) in [5, 5.41) is 0. The number of benzene rings is 1. The summed E-state index contributed by atoms with van der Waals surface area (Å²) < 4.78 is 56.9. The number of nitrogens with zero attached hydrogens (tertiary/aromatic N) is 1. The number of hydrogen-bond donors (Lipinski definition) is 0. The van der Waals surface area contributed by atoms with Crippen LogP contribution in [0.1, 0.15) is 17.5 Å². The third kappa shape index (κ3) is 3.15. The standard InChI is InChI=1S/C13H11F4NO2/c14-11-3-1-2-10(13(15,16)17)9(11)4-5-12-18-8(6-19)7-20-12/h1-3,6,8H,4-5,7H2. The van der Waals surface area contributed by atoms with Crippen LogP contribution in [0.25, 0.3) is 0 Å². The van der Waals surface area contributed by atoms with E-state index in [9.17, 15) is 22.4 Å². The second-order valence-corrected chi connectivity index (χ2v) is 4.30. The topological polar surface area (TPSA) is 38.7 Å². The van der Waals surface area contributed by atoms with E-state index in [0.29, 0.717) is 6.29 Å². The van der Waals surface area contributed by atoms with Gasteiger partial charge in [-0.3, -0.25) is 0 Å². The molecule has 1 aromatic rings. The van der Waals surface area contributed by atoms with Crippen molar-refractivity contribution < 1.29 is 27.1 Å². The number of aliphatic imine (C=N–C) groups is 1. The highest BCUT2D eigenvalue weighted by atomic mass is 19.4. The molecule has 0 fully saturated rings. The Morgan fingerprint density at radius 1 is 1.35 bits per heavy atom. The molecule has 20 heavy (non-hydrogen) atoms. The molecule has 0 radical (unpaired) electrons. The van der Waals surface area contributed by atoms with Gasteiger partial charge in [-0.15, -0.1) is 0 Å². The van der Waals surface area contributed by atoms with Crippen LogP contribution in [0.5, 0.6) is 0 Å². The van der Waals surface area contributed by atoms with Crippen LogP contribution in [0.3, 0.4) is 0 Å². The lowest BCUT2D eigenvalue weighted by molar-refractivity contribution is -0.138. The van der Waals surface area contributed by atoms with Gasteiger partial charge in [0.2, 0.25) is 0 Å². The van der Waals surface area contributed by atoms with Gasteiger partial charge in [-0.1, -0.05) is 6.07 Å². The number of hydrogen-bond acceptors (Lipinski definition) is 3. The third-order valence-electron chi connectivity index (χ3n) is 2.90. The Bertz CT molecular complexity index is 540. The highest BCUT2D eigenvalue weighted by molar-refractivity contribution is 5.81. The lowest BCUT2D eigenvalue weighted by Gasteiger charge is -2.13. The second-order valence-electron chi connectivity index (χ2n) is 4.30. The maximum absolute atomic E-state index is 13.6. The van der Waals surface area contributed by atoms with E-state index in [1.165, 1.54) is 0 Å². The molecule has 7 heteroatoms. The van der Waals surface area contributed by atoms with Crippen LogP contribution in [-0.2, 0) is 22.1 Å². The van der Waals surface area contributed by atoms with Crippen LogP contribution < -0.4 is 0 Å². The predicted molar refractivity (Wildman–Crippen MR) is 63.0 cm³/mol. The summed E-state index contributed by atoms with van der Waals surface area (Å²) in [6.07, 6.45) is -4.18. The Morgan fingerprint density at radius 2 is 2.10 bits per heavy atom. The van der Waals surface area contributed by atoms with Gasteiger partial charge in [0.05, 0.1) is 5.56 Å². The summed E-state index contributed by atoms with van der Waals surface area (Å²) in [4.78, 5) is 14.3. The number of ether oxygens (including phenoxy) is 1. The van der Waals surface area contributed by atoms with Crippen molar-refractivity contribution in [2.24, 2.45) is 4.99 Å². The van der Waals surface area contributed by atoms with E-state index in [1.807, 2.05) is 0 Å². The van der Waals surface area contributed by atoms with E-state index in [2.05, 4.69) is 4.99 Å². The zero-order chi connectivity index (χ0) is 14.8. The highest BCUT2D eigenvalue weighted by Crippen LogP contribution is 2.33. The molecular weight excluding hydrogens is 278 g/mol. The monoisotopic (exact) mass is 289 g/mol. The van der Waals surface area contributed by atoms with E-state index in [1.54, 1.807) is 0 Å². The molecule has 0 amide bonds. The number of rotatable bonds is 4. The summed E-state index contributed by atoms with van der Waals surface area (Å²) in [7, 11) is 0. The first-order valence-electron chi connectivity index (χ1n) is 5.91. The zero-order valence-electron chi connectivity index (χ0n) is 10.3. The lowest BCUT2D eigenvalue weighted by atomic mass is 10.0. The Kier molecular flexibility index (Phi) is 4.06. The Balaban J connectivity index is 2.16. The second kappa shape index (κ2) is 5.60. The van der Waals surface area contributed by atoms with Gasteiger partial charge in [0, 0.05) is 12.0 Å². The number of aldehydes is 1. The number of halogens is 4. The molecule has 3 nitrogen and oxygen atoms in total. The van der Waals surface area contributed by atoms with E-state index >= 15 is 0 Å². The van der Waals surface area contributed by atoms with Crippen molar-refractivity contribution in [3.05, 3.63) is 35.1 Å². The first-order chi connectivity index (χ1) is 9.41. The van der Waals surface area contributed by atoms with Gasteiger partial charge < -0.3 is 9.53 Å². The summed E-state index contributed by atoms with van der Waals surface area (Å²) in [5.74, 6) is -0.733. The molecule has 0 aliphatic carbocycles. The molecule has 0 saturated heterocycles. The van der Waals surface area contributed by atoms with Crippen LogP contribution in [0.2, 0.25) is 0 Å². The van der Waals surface area contributed by atoms with Crippen molar-refractivity contribution in [3.63, 3.8) is 0 Å². The van der Waals surface area contributed by atoms with Crippen molar-refractivity contribution in [2.45, 2.75) is 25.1 Å². The molecule has 1 aliphatic heterocycles. The lowest BCUT2D eigenvalue weighted by Crippen LogP contribution is -2.12. The first kappa shape index (κ1) is 14.5. The van der Waals surface area contributed by atoms with Gasteiger partial charge in [0.15, 0.2) is 5.90 Å². The number of carbonyl (C=O) groups excluding carboxylic acids is 1. The van der Waals surface area contributed by atoms with Gasteiger partial charge in [-0.2, -0.15) is 13.2 Å². The smallest absolute Gasteiger partial charge is 0.416 e. The summed E-state index contributed by atoms with van der Waals surface area (Å²) in [6.45, 7) is 0.0855. The van der Waals surface area contributed by atoms with E-state index in [0.717, 1.165) is 18.2 Å². The van der Waals surface area contributed by atoms with E-state index < -0.39 is 29.2 Å². The molecule has 1 atom stereocenters. The fourth-order valence-electron chi connectivity index (χ4n) is 1.96. The van der Waals surface area contributed by atoms with Gasteiger partial charge in [-0.05, 0) is 18.6 Å². The fraction of sp³-hybridized carbons (Fsp3) is 0.385. The zero-order valence-corrected chi connectivity index (χ0v) is 10.3. The minimum atomic E-state index is -4.61. The van der Waals surface area contributed by atoms with E-state index in [-0.39, 0.29) is 25.3 Å². The average Bonchev–Trinajstić information content (AvgIpc) is 2.84. The number of carbonyl (C=O) groups is 1. The fourth-order valence-corrected chi connectivity index (χ4v) is 1.96. The summed E-state index contributed by atoms with van der Waals surface area (Å²) >= 11 is 0. The maximum atomic E-state index is 13.6. The van der Waals surface area contributed by atoms with Crippen molar-refractivity contribution >= 4 is 12.2 Å². The molecule has 0 aromatic heterocycles. The largest absolute Gasteiger partial charge is 0.478 e. The molecule has 0 N–H and O–H groups in total. The Labute approximate surface area is 112 Å². The summed E-state index contributed by atoms with van der Waals surface area (Å²) in [6, 6.07) is 2.22. The molecule has 1 unspecified atom stereocenters.